The van der Waals surface area contributed by atoms with E-state index in [9.17, 15) is 9.90 Å². The van der Waals surface area contributed by atoms with Gasteiger partial charge in [-0.15, -0.1) is 0 Å². The first-order valence-corrected chi connectivity index (χ1v) is 7.68. The highest BCUT2D eigenvalue weighted by Crippen LogP contribution is 2.73. The van der Waals surface area contributed by atoms with Crippen molar-refractivity contribution in [3.63, 3.8) is 0 Å². The van der Waals surface area contributed by atoms with E-state index in [1.807, 2.05) is 6.92 Å². The van der Waals surface area contributed by atoms with Crippen molar-refractivity contribution in [2.24, 2.45) is 52.8 Å². The summed E-state index contributed by atoms with van der Waals surface area (Å²) in [5.74, 6) is 5.78. The average molecular weight is 248 g/mol. The molecule has 9 unspecified atom stereocenters. The van der Waals surface area contributed by atoms with Crippen LogP contribution in [0.5, 0.6) is 0 Å². The zero-order valence-corrected chi connectivity index (χ0v) is 11.6. The molecule has 0 aromatic rings. The number of carbonyl (C=O) groups is 1. The molecule has 0 radical (unpaired) electrons. The van der Waals surface area contributed by atoms with Crippen molar-refractivity contribution in [2.75, 3.05) is 0 Å². The first-order chi connectivity index (χ1) is 8.45. The lowest BCUT2D eigenvalue weighted by atomic mass is 9.58. The van der Waals surface area contributed by atoms with Crippen LogP contribution in [0.1, 0.15) is 40.0 Å². The molecule has 2 nitrogen and oxygen atoms in total. The van der Waals surface area contributed by atoms with E-state index in [0.717, 1.165) is 47.8 Å². The molecule has 4 rings (SSSR count). The molecule has 0 aromatic heterocycles. The lowest BCUT2D eigenvalue weighted by molar-refractivity contribution is -0.154. The highest BCUT2D eigenvalue weighted by atomic mass is 16.4. The molecule has 0 spiro atoms. The van der Waals surface area contributed by atoms with Gasteiger partial charge in [0.2, 0.25) is 0 Å². The van der Waals surface area contributed by atoms with Crippen LogP contribution in [0, 0.1) is 52.8 Å². The Morgan fingerprint density at radius 2 is 1.72 bits per heavy atom. The van der Waals surface area contributed by atoms with Crippen molar-refractivity contribution in [1.82, 2.24) is 0 Å². The summed E-state index contributed by atoms with van der Waals surface area (Å²) >= 11 is 0. The second kappa shape index (κ2) is 3.13. The number of aliphatic carboxylic acids is 1. The second-order valence-electron chi connectivity index (χ2n) is 7.97. The van der Waals surface area contributed by atoms with E-state index in [0.29, 0.717) is 5.92 Å². The van der Waals surface area contributed by atoms with Crippen molar-refractivity contribution in [3.05, 3.63) is 0 Å². The highest BCUT2D eigenvalue weighted by Gasteiger charge is 2.69. The number of carboxylic acids is 1. The fourth-order valence-electron chi connectivity index (χ4n) is 6.83. The number of carboxylic acid groups (broad SMARTS) is 1. The minimum atomic E-state index is -0.531. The largest absolute Gasteiger partial charge is 0.481 e. The summed E-state index contributed by atoms with van der Waals surface area (Å²) in [6.45, 7) is 6.87. The Kier molecular flexibility index (Phi) is 1.97. The summed E-state index contributed by atoms with van der Waals surface area (Å²) in [6, 6.07) is 0. The Bertz CT molecular complexity index is 417. The number of hydrogen-bond donors (Lipinski definition) is 1. The van der Waals surface area contributed by atoms with Gasteiger partial charge in [0.25, 0.3) is 0 Å². The molecule has 4 fully saturated rings. The van der Waals surface area contributed by atoms with E-state index in [4.69, 9.17) is 0 Å². The van der Waals surface area contributed by atoms with E-state index < -0.39 is 11.4 Å². The molecule has 1 N–H and O–H groups in total. The monoisotopic (exact) mass is 248 g/mol. The van der Waals surface area contributed by atoms with Crippen molar-refractivity contribution in [1.29, 1.82) is 0 Å². The minimum Gasteiger partial charge on any atom is -0.481 e. The molecule has 0 saturated heterocycles. The van der Waals surface area contributed by atoms with Gasteiger partial charge in [-0.3, -0.25) is 4.79 Å². The minimum absolute atomic E-state index is 0.404. The van der Waals surface area contributed by atoms with Gasteiger partial charge in [-0.2, -0.15) is 0 Å². The van der Waals surface area contributed by atoms with Crippen LogP contribution >= 0.6 is 0 Å². The Hall–Kier alpha value is -0.530. The molecule has 18 heavy (non-hydrogen) atoms. The summed E-state index contributed by atoms with van der Waals surface area (Å²) in [7, 11) is 0. The molecule has 4 aliphatic carbocycles. The number of rotatable bonds is 1. The van der Waals surface area contributed by atoms with Gasteiger partial charge in [-0.05, 0) is 73.5 Å². The van der Waals surface area contributed by atoms with E-state index >= 15 is 0 Å². The predicted octanol–water partition coefficient (Wildman–Crippen LogP) is 3.27. The maximum Gasteiger partial charge on any atom is 0.309 e. The first kappa shape index (κ1) is 11.3. The van der Waals surface area contributed by atoms with Crippen LogP contribution < -0.4 is 0 Å². The molecular weight excluding hydrogens is 224 g/mol. The predicted molar refractivity (Wildman–Crippen MR) is 68.9 cm³/mol. The van der Waals surface area contributed by atoms with Crippen LogP contribution in [0.2, 0.25) is 0 Å². The van der Waals surface area contributed by atoms with Crippen LogP contribution in [-0.4, -0.2) is 11.1 Å². The highest BCUT2D eigenvalue weighted by molar-refractivity contribution is 5.75. The fraction of sp³-hybridized carbons (Fsp3) is 0.938. The van der Waals surface area contributed by atoms with Crippen molar-refractivity contribution in [2.45, 2.75) is 40.0 Å². The van der Waals surface area contributed by atoms with Crippen molar-refractivity contribution >= 4 is 5.97 Å². The third-order valence-corrected chi connectivity index (χ3v) is 7.72. The molecule has 0 heterocycles. The number of fused-ring (bicyclic) bond motifs is 9. The smallest absolute Gasteiger partial charge is 0.309 e. The Labute approximate surface area is 109 Å². The van der Waals surface area contributed by atoms with Gasteiger partial charge in [0.15, 0.2) is 0 Å². The molecule has 2 heteroatoms. The summed E-state index contributed by atoms with van der Waals surface area (Å²) < 4.78 is 0. The van der Waals surface area contributed by atoms with Gasteiger partial charge in [0.05, 0.1) is 5.41 Å². The van der Waals surface area contributed by atoms with E-state index in [2.05, 4.69) is 13.8 Å². The van der Waals surface area contributed by atoms with E-state index in [1.165, 1.54) is 12.8 Å². The summed E-state index contributed by atoms with van der Waals surface area (Å²) in [4.78, 5) is 11.7. The lowest BCUT2D eigenvalue weighted by Crippen LogP contribution is -2.45. The van der Waals surface area contributed by atoms with Gasteiger partial charge in [0.1, 0.15) is 0 Å². The maximum atomic E-state index is 11.7. The normalized spacial score (nSPS) is 64.4. The standard InChI is InChI=1S/C16H24O2/c1-7-8(2)11-5-10(7)13-9-4-12(14(11)13)16(3,6-9)15(17)18/h7-14H,4-6H2,1-3H3,(H,17,18). The van der Waals surface area contributed by atoms with Crippen LogP contribution in [-0.2, 0) is 4.79 Å². The molecule has 100 valence electrons. The van der Waals surface area contributed by atoms with Crippen LogP contribution in [0.15, 0.2) is 0 Å². The molecule has 4 aliphatic rings. The van der Waals surface area contributed by atoms with Gasteiger partial charge in [0, 0.05) is 0 Å². The quantitative estimate of drug-likeness (QED) is 0.723. The topological polar surface area (TPSA) is 37.3 Å². The molecular formula is C16H24O2. The van der Waals surface area contributed by atoms with Gasteiger partial charge in [-0.1, -0.05) is 13.8 Å². The van der Waals surface area contributed by atoms with Gasteiger partial charge in [-0.25, -0.2) is 0 Å². The number of hydrogen-bond acceptors (Lipinski definition) is 1. The van der Waals surface area contributed by atoms with Gasteiger partial charge >= 0.3 is 5.97 Å². The second-order valence-corrected chi connectivity index (χ2v) is 7.97. The molecule has 0 amide bonds. The zero-order valence-electron chi connectivity index (χ0n) is 11.6. The van der Waals surface area contributed by atoms with Crippen molar-refractivity contribution < 1.29 is 9.90 Å². The van der Waals surface area contributed by atoms with Crippen LogP contribution in [0.25, 0.3) is 0 Å². The lowest BCUT2D eigenvalue weighted by Gasteiger charge is -2.46. The fourth-order valence-corrected chi connectivity index (χ4v) is 6.83. The third-order valence-electron chi connectivity index (χ3n) is 7.72. The molecule has 0 aromatic carbocycles. The summed E-state index contributed by atoms with van der Waals surface area (Å²) in [5, 5.41) is 9.60. The Morgan fingerprint density at radius 3 is 2.33 bits per heavy atom. The van der Waals surface area contributed by atoms with Crippen LogP contribution in [0.3, 0.4) is 0 Å². The molecule has 4 saturated carbocycles. The summed E-state index contributed by atoms with van der Waals surface area (Å²) in [6.07, 6.45) is 3.57. The zero-order chi connectivity index (χ0) is 12.8. The average Bonchev–Trinajstić information content (AvgIpc) is 2.98. The van der Waals surface area contributed by atoms with E-state index in [1.54, 1.807) is 0 Å². The molecule has 0 aliphatic heterocycles. The summed E-state index contributed by atoms with van der Waals surface area (Å²) in [5.41, 5.74) is -0.404. The van der Waals surface area contributed by atoms with Crippen molar-refractivity contribution in [3.8, 4) is 0 Å². The first-order valence-electron chi connectivity index (χ1n) is 7.68. The Morgan fingerprint density at radius 1 is 1.11 bits per heavy atom. The SMILES string of the molecule is CC1C(C)C2CC1C1C3CC(C21)C(C)(C(=O)O)C3. The van der Waals surface area contributed by atoms with Gasteiger partial charge < -0.3 is 5.11 Å². The maximum absolute atomic E-state index is 11.7. The molecule has 9 atom stereocenters. The molecule has 4 bridgehead atoms. The van der Waals surface area contributed by atoms with E-state index in [-0.39, 0.29) is 0 Å². The third kappa shape index (κ3) is 1.02. The Balaban J connectivity index is 1.72. The van der Waals surface area contributed by atoms with Crippen LogP contribution in [0.4, 0.5) is 0 Å².